The Balaban J connectivity index is 1.34. The molecule has 3 heterocycles. The summed E-state index contributed by atoms with van der Waals surface area (Å²) < 4.78 is 20.6. The third-order valence-corrected chi connectivity index (χ3v) is 6.96. The number of carbonyl (C=O) groups is 1. The first-order chi connectivity index (χ1) is 17.3. The van der Waals surface area contributed by atoms with Crippen molar-refractivity contribution in [3.63, 3.8) is 0 Å². The molecule has 3 N–H and O–H groups in total. The predicted octanol–water partition coefficient (Wildman–Crippen LogP) is 7.16. The molecule has 0 aliphatic carbocycles. The molecule has 0 spiro atoms. The van der Waals surface area contributed by atoms with Gasteiger partial charge in [0.1, 0.15) is 22.8 Å². The van der Waals surface area contributed by atoms with Crippen molar-refractivity contribution < 1.29 is 13.6 Å². The molecule has 0 saturated carbocycles. The molecule has 0 unspecified atom stereocenters. The average Bonchev–Trinajstić information content (AvgIpc) is 3.41. The van der Waals surface area contributed by atoms with E-state index in [-0.39, 0.29) is 11.7 Å². The van der Waals surface area contributed by atoms with Crippen molar-refractivity contribution in [1.82, 2.24) is 10.3 Å². The lowest BCUT2D eigenvalue weighted by atomic mass is 9.97. The van der Waals surface area contributed by atoms with Gasteiger partial charge in [-0.2, -0.15) is 0 Å². The maximum absolute atomic E-state index is 14.4. The van der Waals surface area contributed by atoms with Crippen LogP contribution in [0.2, 0.25) is 5.02 Å². The van der Waals surface area contributed by atoms with E-state index in [9.17, 15) is 9.18 Å². The number of anilines is 1. The summed E-state index contributed by atoms with van der Waals surface area (Å²) >= 11 is 6.09. The van der Waals surface area contributed by atoms with Gasteiger partial charge in [-0.15, -0.1) is 0 Å². The number of nitrogens with two attached hydrogens (primary N) is 1. The van der Waals surface area contributed by atoms with Gasteiger partial charge in [-0.05, 0) is 85.1 Å². The zero-order valence-corrected chi connectivity index (χ0v) is 20.3. The fraction of sp³-hybridized carbons (Fsp3) is 0.103. The Morgan fingerprint density at radius 2 is 1.69 bits per heavy atom. The molecule has 6 aromatic rings. The number of hydrogen-bond donors (Lipinski definition) is 2. The number of aromatic nitrogens is 1. The summed E-state index contributed by atoms with van der Waals surface area (Å²) in [7, 11) is 0. The minimum absolute atomic E-state index is 0.186. The monoisotopic (exact) mass is 497 g/mol. The number of aryl methyl sites for hydroxylation is 2. The highest BCUT2D eigenvalue weighted by Crippen LogP contribution is 2.42. The van der Waals surface area contributed by atoms with Crippen LogP contribution in [-0.2, 0) is 6.54 Å². The summed E-state index contributed by atoms with van der Waals surface area (Å²) in [6.07, 6.45) is 0. The first-order valence-corrected chi connectivity index (χ1v) is 11.9. The zero-order chi connectivity index (χ0) is 25.1. The van der Waals surface area contributed by atoms with Crippen LogP contribution in [0.5, 0.6) is 0 Å². The van der Waals surface area contributed by atoms with Gasteiger partial charge in [0.15, 0.2) is 0 Å². The van der Waals surface area contributed by atoms with Crippen LogP contribution in [0, 0.1) is 19.7 Å². The minimum Gasteiger partial charge on any atom is -0.455 e. The van der Waals surface area contributed by atoms with E-state index in [1.807, 2.05) is 44.2 Å². The lowest BCUT2D eigenvalue weighted by Gasteiger charge is -2.11. The topological polar surface area (TPSA) is 81.1 Å². The number of halogens is 2. The molecule has 0 aliphatic rings. The maximum atomic E-state index is 14.4. The smallest absolute Gasteiger partial charge is 0.251 e. The number of nitrogens with zero attached hydrogens (tertiary/aromatic N) is 1. The van der Waals surface area contributed by atoms with Crippen LogP contribution in [0.1, 0.15) is 27.2 Å². The first kappa shape index (κ1) is 22.3. The van der Waals surface area contributed by atoms with Gasteiger partial charge in [-0.3, -0.25) is 4.79 Å². The van der Waals surface area contributed by atoms with E-state index in [1.165, 1.54) is 12.1 Å². The third kappa shape index (κ3) is 3.53. The highest BCUT2D eigenvalue weighted by Gasteiger charge is 2.20. The van der Waals surface area contributed by atoms with Crippen LogP contribution < -0.4 is 11.1 Å². The highest BCUT2D eigenvalue weighted by atomic mass is 35.5. The maximum Gasteiger partial charge on any atom is 0.251 e. The quantitative estimate of drug-likeness (QED) is 0.253. The van der Waals surface area contributed by atoms with E-state index >= 15 is 0 Å². The number of fused-ring (bicyclic) bond motifs is 8. The van der Waals surface area contributed by atoms with Gasteiger partial charge in [-0.1, -0.05) is 17.7 Å². The number of nitrogen functional groups attached to an aromatic ring is 1. The SMILES string of the molecule is Cc1cc(N)nc(C)c1CNC(=O)c1ccc2c(c1)c1oc2c2cc(-c3cc(Cl)ccc3F)ccc21. The van der Waals surface area contributed by atoms with E-state index in [0.717, 1.165) is 43.9 Å². The Kier molecular flexibility index (Phi) is 5.09. The largest absolute Gasteiger partial charge is 0.455 e. The van der Waals surface area contributed by atoms with Crippen molar-refractivity contribution in [3.05, 3.63) is 93.9 Å². The van der Waals surface area contributed by atoms with Crippen molar-refractivity contribution in [2.24, 2.45) is 0 Å². The molecule has 1 amide bonds. The van der Waals surface area contributed by atoms with Crippen molar-refractivity contribution in [2.45, 2.75) is 20.4 Å². The average molecular weight is 498 g/mol. The summed E-state index contributed by atoms with van der Waals surface area (Å²) in [5, 5.41) is 7.05. The van der Waals surface area contributed by atoms with E-state index in [2.05, 4.69) is 10.3 Å². The second-order valence-electron chi connectivity index (χ2n) is 9.02. The number of carbonyl (C=O) groups excluding carboxylic acids is 1. The molecule has 6 rings (SSSR count). The van der Waals surface area contributed by atoms with Gasteiger partial charge in [0.2, 0.25) is 0 Å². The Bertz CT molecular complexity index is 1800. The molecule has 0 fully saturated rings. The van der Waals surface area contributed by atoms with Gasteiger partial charge in [-0.25, -0.2) is 9.37 Å². The molecular weight excluding hydrogens is 477 g/mol. The number of benzene rings is 4. The summed E-state index contributed by atoms with van der Waals surface area (Å²) in [5.74, 6) is -0.0561. The molecule has 0 saturated heterocycles. The van der Waals surface area contributed by atoms with Crippen LogP contribution in [0.4, 0.5) is 10.2 Å². The molecule has 5 nitrogen and oxygen atoms in total. The summed E-state index contributed by atoms with van der Waals surface area (Å²) in [5.41, 5.74) is 11.7. The minimum atomic E-state index is -0.336. The van der Waals surface area contributed by atoms with Crippen LogP contribution in [0.25, 0.3) is 43.8 Å². The van der Waals surface area contributed by atoms with E-state index < -0.39 is 0 Å². The fourth-order valence-corrected chi connectivity index (χ4v) is 5.10. The molecule has 3 aromatic carbocycles. The predicted molar refractivity (Wildman–Crippen MR) is 142 cm³/mol. The van der Waals surface area contributed by atoms with Crippen LogP contribution in [0.3, 0.4) is 0 Å². The molecule has 36 heavy (non-hydrogen) atoms. The van der Waals surface area contributed by atoms with Crippen LogP contribution >= 0.6 is 11.6 Å². The normalized spacial score (nSPS) is 11.7. The molecule has 0 aliphatic heterocycles. The second kappa shape index (κ2) is 8.21. The first-order valence-electron chi connectivity index (χ1n) is 11.5. The molecule has 7 heteroatoms. The van der Waals surface area contributed by atoms with Gasteiger partial charge < -0.3 is 15.5 Å². The number of amides is 1. The van der Waals surface area contributed by atoms with Crippen molar-refractivity contribution in [1.29, 1.82) is 0 Å². The summed E-state index contributed by atoms with van der Waals surface area (Å²) in [6.45, 7) is 4.19. The van der Waals surface area contributed by atoms with Gasteiger partial charge in [0.25, 0.3) is 5.91 Å². The lowest BCUT2D eigenvalue weighted by molar-refractivity contribution is 0.0951. The molecular formula is C29H21ClFN3O2. The zero-order valence-electron chi connectivity index (χ0n) is 19.6. The molecule has 0 radical (unpaired) electrons. The van der Waals surface area contributed by atoms with Crippen LogP contribution in [-0.4, -0.2) is 10.9 Å². The molecule has 178 valence electrons. The van der Waals surface area contributed by atoms with Gasteiger partial charge >= 0.3 is 0 Å². The second-order valence-corrected chi connectivity index (χ2v) is 9.45. The van der Waals surface area contributed by atoms with E-state index in [1.54, 1.807) is 18.2 Å². The summed E-state index contributed by atoms with van der Waals surface area (Å²) in [6, 6.07) is 17.5. The number of pyridine rings is 1. The van der Waals surface area contributed by atoms with Crippen molar-refractivity contribution in [2.75, 3.05) is 5.73 Å². The van der Waals surface area contributed by atoms with Gasteiger partial charge in [0, 0.05) is 49.9 Å². The van der Waals surface area contributed by atoms with Crippen molar-refractivity contribution >= 4 is 56.0 Å². The lowest BCUT2D eigenvalue weighted by Crippen LogP contribution is -2.24. The third-order valence-electron chi connectivity index (χ3n) is 6.72. The Labute approximate surface area is 211 Å². The highest BCUT2D eigenvalue weighted by molar-refractivity contribution is 6.31. The molecule has 0 atom stereocenters. The fourth-order valence-electron chi connectivity index (χ4n) is 4.93. The number of rotatable bonds is 4. The number of furan rings is 2. The Morgan fingerprint density at radius 1 is 0.972 bits per heavy atom. The number of hydrogen-bond acceptors (Lipinski definition) is 4. The van der Waals surface area contributed by atoms with Crippen molar-refractivity contribution in [3.8, 4) is 11.1 Å². The Hall–Kier alpha value is -4.16. The number of nitrogens with one attached hydrogen (secondary N) is 1. The molecule has 3 aromatic heterocycles. The molecule has 2 bridgehead atoms. The van der Waals surface area contributed by atoms with Gasteiger partial charge in [0.05, 0.1) is 0 Å². The Morgan fingerprint density at radius 3 is 2.44 bits per heavy atom. The van der Waals surface area contributed by atoms with Crippen LogP contribution in [0.15, 0.2) is 65.1 Å². The van der Waals surface area contributed by atoms with E-state index in [4.69, 9.17) is 21.8 Å². The summed E-state index contributed by atoms with van der Waals surface area (Å²) in [4.78, 5) is 17.3. The van der Waals surface area contributed by atoms with E-state index in [0.29, 0.717) is 39.7 Å². The standard InChI is InChI=1S/C29H21ClFN3O2/c1-14-9-26(32)34-15(2)24(14)13-33-29(35)17-4-7-20-23(11-17)28-19-6-3-16(10-22(19)27(20)36-28)21-12-18(30)5-8-25(21)31/h3-12H,13H2,1-2H3,(H2,32,34)(H,33,35).